The van der Waals surface area contributed by atoms with Crippen LogP contribution in [0.2, 0.25) is 0 Å². The summed E-state index contributed by atoms with van der Waals surface area (Å²) in [5.41, 5.74) is 0. The number of amides is 2. The van der Waals surface area contributed by atoms with Crippen LogP contribution in [0.5, 0.6) is 0 Å². The minimum Gasteiger partial charge on any atom is -0.334 e. The molecule has 0 aliphatic rings. The van der Waals surface area contributed by atoms with Crippen molar-refractivity contribution in [2.24, 2.45) is 4.99 Å². The second-order valence-electron chi connectivity index (χ2n) is 3.67. The van der Waals surface area contributed by atoms with Gasteiger partial charge in [0.05, 0.1) is 0 Å². The Morgan fingerprint density at radius 2 is 2.07 bits per heavy atom. The van der Waals surface area contributed by atoms with Gasteiger partial charge in [0.25, 0.3) is 0 Å². The number of hydrogen-bond acceptors (Lipinski definition) is 2. The molecule has 0 saturated carbocycles. The molecule has 0 heterocycles. The summed E-state index contributed by atoms with van der Waals surface area (Å²) in [5, 5.41) is 3.10. The summed E-state index contributed by atoms with van der Waals surface area (Å²) in [6.07, 6.45) is 2.00. The second-order valence-corrected chi connectivity index (χ2v) is 5.82. The zero-order valence-corrected chi connectivity index (χ0v) is 11.3. The Labute approximate surface area is 101 Å². The molecule has 0 aliphatic carbocycles. The Kier molecular flexibility index (Phi) is 7.88. The van der Waals surface area contributed by atoms with Gasteiger partial charge in [0, 0.05) is 11.3 Å². The van der Waals surface area contributed by atoms with Crippen molar-refractivity contribution in [2.45, 2.75) is 51.8 Å². The fraction of sp³-hybridized carbons (Fsp3) is 0.800. The first-order valence-corrected chi connectivity index (χ1v) is 6.42. The standard InChI is InChI=1S/C10H19ClN2OS/c1-5-6-8(4)12-10(14)13-9(11)15-7(2)3/h7-8H,5-6H2,1-4H3,(H,12,14). The van der Waals surface area contributed by atoms with Crippen molar-refractivity contribution in [3.8, 4) is 0 Å². The molecular weight excluding hydrogens is 232 g/mol. The minimum atomic E-state index is -0.353. The molecule has 0 aromatic carbocycles. The maximum absolute atomic E-state index is 11.3. The third kappa shape index (κ3) is 8.75. The molecule has 2 amide bonds. The van der Waals surface area contributed by atoms with E-state index in [-0.39, 0.29) is 12.1 Å². The zero-order valence-electron chi connectivity index (χ0n) is 9.71. The lowest BCUT2D eigenvalue weighted by Gasteiger charge is -2.10. The highest BCUT2D eigenvalue weighted by Gasteiger charge is 2.07. The maximum Gasteiger partial charge on any atom is 0.343 e. The summed E-state index contributed by atoms with van der Waals surface area (Å²) >= 11 is 7.16. The van der Waals surface area contributed by atoms with Crippen LogP contribution < -0.4 is 5.32 Å². The highest BCUT2D eigenvalue weighted by atomic mass is 35.5. The number of hydrogen-bond donors (Lipinski definition) is 1. The van der Waals surface area contributed by atoms with Gasteiger partial charge >= 0.3 is 6.03 Å². The van der Waals surface area contributed by atoms with Crippen LogP contribution in [0.15, 0.2) is 4.99 Å². The lowest BCUT2D eigenvalue weighted by atomic mass is 10.2. The Morgan fingerprint density at radius 1 is 1.47 bits per heavy atom. The molecule has 5 heteroatoms. The first kappa shape index (κ1) is 14.8. The number of carbonyl (C=O) groups is 1. The van der Waals surface area contributed by atoms with E-state index in [2.05, 4.69) is 17.2 Å². The molecule has 0 aliphatic heterocycles. The lowest BCUT2D eigenvalue weighted by Crippen LogP contribution is -2.30. The molecule has 0 rings (SSSR count). The Bertz CT molecular complexity index is 231. The van der Waals surface area contributed by atoms with Crippen LogP contribution in [-0.2, 0) is 0 Å². The fourth-order valence-corrected chi connectivity index (χ4v) is 2.18. The van der Waals surface area contributed by atoms with Crippen molar-refractivity contribution in [2.75, 3.05) is 0 Å². The first-order valence-electron chi connectivity index (χ1n) is 5.17. The SMILES string of the molecule is CCCC(C)NC(=O)N=C(Cl)SC(C)C. The van der Waals surface area contributed by atoms with E-state index in [0.29, 0.717) is 9.75 Å². The van der Waals surface area contributed by atoms with Crippen LogP contribution in [0, 0.1) is 0 Å². The second kappa shape index (κ2) is 7.99. The van der Waals surface area contributed by atoms with E-state index >= 15 is 0 Å². The zero-order chi connectivity index (χ0) is 11.8. The summed E-state index contributed by atoms with van der Waals surface area (Å²) in [5.74, 6) is 0. The van der Waals surface area contributed by atoms with Gasteiger partial charge in [0.2, 0.25) is 0 Å². The quantitative estimate of drug-likeness (QED) is 0.612. The number of rotatable bonds is 4. The molecule has 88 valence electrons. The van der Waals surface area contributed by atoms with Crippen LogP contribution in [0.4, 0.5) is 4.79 Å². The van der Waals surface area contributed by atoms with Gasteiger partial charge in [-0.25, -0.2) is 4.79 Å². The average Bonchev–Trinajstić information content (AvgIpc) is 2.00. The van der Waals surface area contributed by atoms with E-state index in [9.17, 15) is 4.79 Å². The van der Waals surface area contributed by atoms with E-state index in [1.54, 1.807) is 0 Å². The predicted molar refractivity (Wildman–Crippen MR) is 68.9 cm³/mol. The number of halogens is 1. The van der Waals surface area contributed by atoms with Crippen molar-refractivity contribution >= 4 is 33.9 Å². The van der Waals surface area contributed by atoms with Crippen molar-refractivity contribution < 1.29 is 4.79 Å². The number of thioether (sulfide) groups is 1. The molecule has 15 heavy (non-hydrogen) atoms. The van der Waals surface area contributed by atoms with Crippen molar-refractivity contribution in [3.05, 3.63) is 0 Å². The summed E-state index contributed by atoms with van der Waals surface area (Å²) in [6.45, 7) is 8.04. The lowest BCUT2D eigenvalue weighted by molar-refractivity contribution is 0.246. The van der Waals surface area contributed by atoms with Gasteiger partial charge in [0.1, 0.15) is 0 Å². The van der Waals surface area contributed by atoms with Crippen LogP contribution >= 0.6 is 23.4 Å². The fourth-order valence-electron chi connectivity index (χ4n) is 1.05. The molecule has 0 fully saturated rings. The normalized spacial score (nSPS) is 14.1. The smallest absolute Gasteiger partial charge is 0.334 e. The summed E-state index contributed by atoms with van der Waals surface area (Å²) in [6, 6.07) is -0.200. The number of nitrogens with one attached hydrogen (secondary N) is 1. The topological polar surface area (TPSA) is 41.5 Å². The van der Waals surface area contributed by atoms with E-state index in [0.717, 1.165) is 12.8 Å². The Morgan fingerprint density at radius 3 is 2.53 bits per heavy atom. The highest BCUT2D eigenvalue weighted by Crippen LogP contribution is 2.14. The van der Waals surface area contributed by atoms with Gasteiger partial charge in [-0.3, -0.25) is 0 Å². The van der Waals surface area contributed by atoms with Crippen LogP contribution in [0.3, 0.4) is 0 Å². The van der Waals surface area contributed by atoms with Gasteiger partial charge in [-0.2, -0.15) is 4.99 Å². The molecule has 1 atom stereocenters. The van der Waals surface area contributed by atoms with Crippen molar-refractivity contribution in [1.29, 1.82) is 0 Å². The third-order valence-electron chi connectivity index (χ3n) is 1.61. The number of nitrogens with zero attached hydrogens (tertiary/aromatic N) is 1. The molecular formula is C10H19ClN2OS. The largest absolute Gasteiger partial charge is 0.343 e. The molecule has 3 nitrogen and oxygen atoms in total. The van der Waals surface area contributed by atoms with Crippen molar-refractivity contribution in [1.82, 2.24) is 5.32 Å². The number of aliphatic imine (C=N–C) groups is 1. The third-order valence-corrected chi connectivity index (χ3v) is 2.72. The Balaban J connectivity index is 4.00. The summed E-state index contributed by atoms with van der Waals surface area (Å²) in [7, 11) is 0. The van der Waals surface area contributed by atoms with E-state index < -0.39 is 0 Å². The predicted octanol–water partition coefficient (Wildman–Crippen LogP) is 3.62. The molecule has 1 N–H and O–H groups in total. The van der Waals surface area contributed by atoms with Gasteiger partial charge in [-0.1, -0.05) is 50.6 Å². The summed E-state index contributed by atoms with van der Waals surface area (Å²) in [4.78, 5) is 15.1. The molecule has 0 aromatic heterocycles. The molecule has 1 unspecified atom stereocenters. The molecule has 0 spiro atoms. The van der Waals surface area contributed by atoms with E-state index in [1.165, 1.54) is 11.8 Å². The molecule has 0 saturated heterocycles. The first-order chi connectivity index (χ1) is 6.95. The number of urea groups is 1. The van der Waals surface area contributed by atoms with Crippen LogP contribution in [-0.4, -0.2) is 21.8 Å². The van der Waals surface area contributed by atoms with Gasteiger partial charge in [0.15, 0.2) is 4.50 Å². The molecule has 0 bridgehead atoms. The number of carbonyl (C=O) groups excluding carboxylic acids is 1. The van der Waals surface area contributed by atoms with E-state index in [4.69, 9.17) is 11.6 Å². The molecule has 0 radical (unpaired) electrons. The van der Waals surface area contributed by atoms with Gasteiger partial charge < -0.3 is 5.32 Å². The average molecular weight is 251 g/mol. The van der Waals surface area contributed by atoms with Gasteiger partial charge in [-0.15, -0.1) is 0 Å². The summed E-state index contributed by atoms with van der Waals surface area (Å²) < 4.78 is 0.297. The minimum absolute atomic E-state index is 0.153. The highest BCUT2D eigenvalue weighted by molar-refractivity contribution is 8.17. The van der Waals surface area contributed by atoms with E-state index in [1.807, 2.05) is 20.8 Å². The van der Waals surface area contributed by atoms with Crippen LogP contribution in [0.1, 0.15) is 40.5 Å². The molecule has 0 aromatic rings. The van der Waals surface area contributed by atoms with Crippen molar-refractivity contribution in [3.63, 3.8) is 0 Å². The monoisotopic (exact) mass is 250 g/mol. The Hall–Kier alpha value is -0.220. The maximum atomic E-state index is 11.3. The van der Waals surface area contributed by atoms with Crippen LogP contribution in [0.25, 0.3) is 0 Å². The van der Waals surface area contributed by atoms with Gasteiger partial charge in [-0.05, 0) is 13.3 Å².